The first kappa shape index (κ1) is 17.7. The van der Waals surface area contributed by atoms with Gasteiger partial charge in [0.25, 0.3) is 5.91 Å². The topological polar surface area (TPSA) is 98.9 Å². The first-order chi connectivity index (χ1) is 11.4. The molecule has 0 aliphatic carbocycles. The van der Waals surface area contributed by atoms with Crippen LogP contribution in [0.25, 0.3) is 0 Å². The Morgan fingerprint density at radius 2 is 2.08 bits per heavy atom. The first-order valence-corrected chi connectivity index (χ1v) is 7.53. The minimum atomic E-state index is -0.882. The van der Waals surface area contributed by atoms with E-state index in [0.29, 0.717) is 13.0 Å². The number of likely N-dealkylation sites (tertiary alicyclic amines) is 1. The number of piperidine rings is 1. The van der Waals surface area contributed by atoms with Crippen molar-refractivity contribution in [2.45, 2.75) is 25.3 Å². The molecule has 0 saturated carbocycles. The Balaban J connectivity index is 2.02. The number of hydrogen-bond acceptors (Lipinski definition) is 5. The lowest BCUT2D eigenvalue weighted by atomic mass is 10.0. The number of methoxy groups -OCH3 is 1. The van der Waals surface area contributed by atoms with E-state index in [1.807, 2.05) is 0 Å². The smallest absolute Gasteiger partial charge is 0.342 e. The van der Waals surface area contributed by atoms with Crippen molar-refractivity contribution in [2.75, 3.05) is 20.3 Å². The van der Waals surface area contributed by atoms with E-state index in [4.69, 9.17) is 15.2 Å². The summed E-state index contributed by atoms with van der Waals surface area (Å²) >= 11 is 0. The van der Waals surface area contributed by atoms with Crippen LogP contribution >= 0.6 is 0 Å². The van der Waals surface area contributed by atoms with Gasteiger partial charge in [0.15, 0.2) is 6.61 Å². The highest BCUT2D eigenvalue weighted by atomic mass is 19.1. The summed E-state index contributed by atoms with van der Waals surface area (Å²) < 4.78 is 23.2. The lowest BCUT2D eigenvalue weighted by Gasteiger charge is -2.33. The Hall–Kier alpha value is -2.64. The average Bonchev–Trinajstić information content (AvgIpc) is 2.59. The van der Waals surface area contributed by atoms with E-state index in [-0.39, 0.29) is 11.3 Å². The monoisotopic (exact) mass is 338 g/mol. The highest BCUT2D eigenvalue weighted by molar-refractivity contribution is 5.94. The van der Waals surface area contributed by atoms with Crippen LogP contribution in [0.1, 0.15) is 29.6 Å². The van der Waals surface area contributed by atoms with Crippen molar-refractivity contribution in [3.63, 3.8) is 0 Å². The van der Waals surface area contributed by atoms with Gasteiger partial charge in [-0.1, -0.05) is 0 Å². The molecule has 2 rings (SSSR count). The van der Waals surface area contributed by atoms with Gasteiger partial charge >= 0.3 is 5.97 Å². The summed E-state index contributed by atoms with van der Waals surface area (Å²) in [6.45, 7) is -0.171. The first-order valence-electron chi connectivity index (χ1n) is 7.53. The summed E-state index contributed by atoms with van der Waals surface area (Å²) in [7, 11) is 1.33. The van der Waals surface area contributed by atoms with Crippen molar-refractivity contribution in [2.24, 2.45) is 5.73 Å². The molecule has 0 bridgehead atoms. The Morgan fingerprint density at radius 3 is 2.75 bits per heavy atom. The molecule has 1 aromatic carbocycles. The molecule has 1 aliphatic rings. The summed E-state index contributed by atoms with van der Waals surface area (Å²) in [6.07, 6.45) is 2.05. The standard InChI is InChI=1S/C16H19FN2O5/c1-23-13-6-5-10(17)8-11(13)16(22)24-9-14(20)19-7-3-2-4-12(19)15(18)21/h5-6,8,12H,2-4,7,9H2,1H3,(H2,18,21)/t12-/m1/s1. The van der Waals surface area contributed by atoms with Crippen LogP contribution in [-0.4, -0.2) is 49.0 Å². The third kappa shape index (κ3) is 4.01. The zero-order valence-electron chi connectivity index (χ0n) is 13.3. The minimum Gasteiger partial charge on any atom is -0.496 e. The molecule has 130 valence electrons. The summed E-state index contributed by atoms with van der Waals surface area (Å²) in [5.74, 6) is -2.46. The Kier molecular flexibility index (Phi) is 5.73. The van der Waals surface area contributed by atoms with Crippen LogP contribution in [0.15, 0.2) is 18.2 Å². The summed E-state index contributed by atoms with van der Waals surface area (Å²) in [5, 5.41) is 0. The number of esters is 1. The third-order valence-corrected chi connectivity index (χ3v) is 3.86. The second kappa shape index (κ2) is 7.76. The second-order valence-electron chi connectivity index (χ2n) is 5.42. The number of benzene rings is 1. The number of amides is 2. The van der Waals surface area contributed by atoms with Gasteiger partial charge in [0.2, 0.25) is 5.91 Å². The molecule has 0 spiro atoms. The predicted octanol–water partition coefficient (Wildman–Crippen LogP) is 0.857. The summed E-state index contributed by atoms with van der Waals surface area (Å²) in [6, 6.07) is 2.72. The van der Waals surface area contributed by atoms with E-state index >= 15 is 0 Å². The van der Waals surface area contributed by atoms with Crippen molar-refractivity contribution in [1.82, 2.24) is 4.90 Å². The number of hydrogen-bond donors (Lipinski definition) is 1. The molecule has 1 aliphatic heterocycles. The van der Waals surface area contributed by atoms with Gasteiger partial charge < -0.3 is 20.1 Å². The molecule has 1 saturated heterocycles. The zero-order chi connectivity index (χ0) is 17.7. The average molecular weight is 338 g/mol. The number of carbonyl (C=O) groups is 3. The number of halogens is 1. The van der Waals surface area contributed by atoms with Gasteiger partial charge in [0, 0.05) is 6.54 Å². The lowest BCUT2D eigenvalue weighted by molar-refractivity contribution is -0.143. The maximum absolute atomic E-state index is 13.3. The van der Waals surface area contributed by atoms with Gasteiger partial charge in [-0.25, -0.2) is 9.18 Å². The highest BCUT2D eigenvalue weighted by Gasteiger charge is 2.31. The number of nitrogens with two attached hydrogens (primary N) is 1. The Bertz CT molecular complexity index is 649. The summed E-state index contributed by atoms with van der Waals surface area (Å²) in [4.78, 5) is 37.0. The van der Waals surface area contributed by atoms with Crippen LogP contribution in [0.3, 0.4) is 0 Å². The van der Waals surface area contributed by atoms with Crippen molar-refractivity contribution >= 4 is 17.8 Å². The van der Waals surface area contributed by atoms with Crippen LogP contribution in [-0.2, 0) is 14.3 Å². The van der Waals surface area contributed by atoms with Gasteiger partial charge in [0.05, 0.1) is 7.11 Å². The largest absolute Gasteiger partial charge is 0.496 e. The molecule has 7 nitrogen and oxygen atoms in total. The van der Waals surface area contributed by atoms with Crippen LogP contribution in [0.4, 0.5) is 4.39 Å². The molecular formula is C16H19FN2O5. The fraction of sp³-hybridized carbons (Fsp3) is 0.438. The molecule has 2 N–H and O–H groups in total. The van der Waals surface area contributed by atoms with Gasteiger partial charge in [-0.2, -0.15) is 0 Å². The molecule has 0 unspecified atom stereocenters. The number of carbonyl (C=O) groups excluding carboxylic acids is 3. The number of nitrogens with zero attached hydrogens (tertiary/aromatic N) is 1. The molecule has 1 fully saturated rings. The van der Waals surface area contributed by atoms with E-state index in [0.717, 1.165) is 25.0 Å². The predicted molar refractivity (Wildman–Crippen MR) is 81.8 cm³/mol. The second-order valence-corrected chi connectivity index (χ2v) is 5.42. The summed E-state index contributed by atoms with van der Waals surface area (Å²) in [5.41, 5.74) is 5.18. The Labute approximate surface area is 138 Å². The number of ether oxygens (including phenoxy) is 2. The third-order valence-electron chi connectivity index (χ3n) is 3.86. The maximum atomic E-state index is 13.3. The van der Waals surface area contributed by atoms with Crippen LogP contribution in [0.5, 0.6) is 5.75 Å². The van der Waals surface area contributed by atoms with E-state index in [2.05, 4.69) is 0 Å². The fourth-order valence-corrected chi connectivity index (χ4v) is 2.65. The van der Waals surface area contributed by atoms with Crippen molar-refractivity contribution < 1.29 is 28.2 Å². The van der Waals surface area contributed by atoms with Gasteiger partial charge in [0.1, 0.15) is 23.2 Å². The fourth-order valence-electron chi connectivity index (χ4n) is 2.65. The van der Waals surface area contributed by atoms with Crippen molar-refractivity contribution in [3.8, 4) is 5.75 Å². The molecule has 1 aromatic rings. The van der Waals surface area contributed by atoms with E-state index in [9.17, 15) is 18.8 Å². The molecular weight excluding hydrogens is 319 g/mol. The van der Waals surface area contributed by atoms with Crippen molar-refractivity contribution in [1.29, 1.82) is 0 Å². The SMILES string of the molecule is COc1ccc(F)cc1C(=O)OCC(=O)N1CCCC[C@@H]1C(N)=O. The maximum Gasteiger partial charge on any atom is 0.342 e. The van der Waals surface area contributed by atoms with E-state index < -0.39 is 36.2 Å². The van der Waals surface area contributed by atoms with Gasteiger partial charge in [-0.15, -0.1) is 0 Å². The van der Waals surface area contributed by atoms with E-state index in [1.165, 1.54) is 18.1 Å². The Morgan fingerprint density at radius 1 is 1.33 bits per heavy atom. The van der Waals surface area contributed by atoms with E-state index in [1.54, 1.807) is 0 Å². The quantitative estimate of drug-likeness (QED) is 0.803. The van der Waals surface area contributed by atoms with Crippen LogP contribution in [0.2, 0.25) is 0 Å². The molecule has 2 amide bonds. The molecule has 0 radical (unpaired) electrons. The molecule has 24 heavy (non-hydrogen) atoms. The van der Waals surface area contributed by atoms with Gasteiger partial charge in [-0.3, -0.25) is 9.59 Å². The molecule has 8 heteroatoms. The minimum absolute atomic E-state index is 0.115. The normalized spacial score (nSPS) is 17.2. The number of primary amides is 1. The molecule has 0 aromatic heterocycles. The molecule has 1 atom stereocenters. The molecule has 1 heterocycles. The van der Waals surface area contributed by atoms with Crippen LogP contribution in [0, 0.1) is 5.82 Å². The highest BCUT2D eigenvalue weighted by Crippen LogP contribution is 2.21. The zero-order valence-corrected chi connectivity index (χ0v) is 13.3. The lowest BCUT2D eigenvalue weighted by Crippen LogP contribution is -2.51. The number of rotatable bonds is 5. The van der Waals surface area contributed by atoms with Crippen molar-refractivity contribution in [3.05, 3.63) is 29.6 Å². The van der Waals surface area contributed by atoms with Gasteiger partial charge in [-0.05, 0) is 37.5 Å². The van der Waals surface area contributed by atoms with Crippen LogP contribution < -0.4 is 10.5 Å².